The Bertz CT molecular complexity index is 972. The summed E-state index contributed by atoms with van der Waals surface area (Å²) in [5.41, 5.74) is 1.30. The zero-order valence-corrected chi connectivity index (χ0v) is 18.4. The van der Waals surface area contributed by atoms with Crippen LogP contribution in [0.15, 0.2) is 24.4 Å². The van der Waals surface area contributed by atoms with Crippen molar-refractivity contribution in [2.24, 2.45) is 0 Å². The van der Waals surface area contributed by atoms with Gasteiger partial charge in [0, 0.05) is 58.5 Å². The third kappa shape index (κ3) is 5.29. The first kappa shape index (κ1) is 22.9. The molecule has 1 atom stereocenters. The Labute approximate surface area is 185 Å². The monoisotopic (exact) mass is 449 g/mol. The molecule has 1 unspecified atom stereocenters. The van der Waals surface area contributed by atoms with Gasteiger partial charge in [0.15, 0.2) is 0 Å². The molecule has 1 saturated heterocycles. The molecule has 31 heavy (non-hydrogen) atoms. The van der Waals surface area contributed by atoms with Crippen molar-refractivity contribution in [1.82, 2.24) is 20.2 Å². The maximum absolute atomic E-state index is 13.4. The summed E-state index contributed by atoms with van der Waals surface area (Å²) >= 11 is 5.82. The quantitative estimate of drug-likeness (QED) is 0.653. The molecule has 0 spiro atoms. The SMILES string of the molecule is COCCNC(=O)c1cnc(N(C)C)nc1C1CCN(C(=O)c2ccc(F)c(Cl)c2)C1. The molecule has 10 heteroatoms. The Morgan fingerprint density at radius 2 is 2.16 bits per heavy atom. The molecule has 2 heterocycles. The second-order valence-electron chi connectivity index (χ2n) is 7.48. The van der Waals surface area contributed by atoms with Crippen molar-refractivity contribution in [3.8, 4) is 0 Å². The van der Waals surface area contributed by atoms with Crippen molar-refractivity contribution in [1.29, 1.82) is 0 Å². The van der Waals surface area contributed by atoms with Gasteiger partial charge < -0.3 is 19.9 Å². The Kier molecular flexibility index (Phi) is 7.40. The fourth-order valence-corrected chi connectivity index (χ4v) is 3.61. The van der Waals surface area contributed by atoms with E-state index in [4.69, 9.17) is 16.3 Å². The van der Waals surface area contributed by atoms with Gasteiger partial charge in [0.05, 0.1) is 22.9 Å². The fraction of sp³-hybridized carbons (Fsp3) is 0.429. The standard InChI is InChI=1S/C21H25ClFN5O3/c1-27(2)21-25-11-15(19(29)24-7-9-31-3)18(26-21)14-6-8-28(12-14)20(30)13-4-5-17(23)16(22)10-13/h4-5,10-11,14H,6-9,12H2,1-3H3,(H,24,29). The topological polar surface area (TPSA) is 87.7 Å². The van der Waals surface area contributed by atoms with Crippen molar-refractivity contribution >= 4 is 29.4 Å². The molecule has 8 nitrogen and oxygen atoms in total. The van der Waals surface area contributed by atoms with Crippen LogP contribution >= 0.6 is 11.6 Å². The second-order valence-corrected chi connectivity index (χ2v) is 7.88. The fourth-order valence-electron chi connectivity index (χ4n) is 3.43. The van der Waals surface area contributed by atoms with Crippen LogP contribution in [0.1, 0.15) is 38.7 Å². The third-order valence-electron chi connectivity index (χ3n) is 5.07. The van der Waals surface area contributed by atoms with Crippen LogP contribution in [0.25, 0.3) is 0 Å². The number of amides is 2. The number of carbonyl (C=O) groups excluding carboxylic acids is 2. The minimum atomic E-state index is -0.571. The molecule has 0 saturated carbocycles. The van der Waals surface area contributed by atoms with Crippen molar-refractivity contribution in [3.05, 3.63) is 52.1 Å². The van der Waals surface area contributed by atoms with E-state index in [-0.39, 0.29) is 22.8 Å². The Hall–Kier alpha value is -2.78. The summed E-state index contributed by atoms with van der Waals surface area (Å²) in [4.78, 5) is 37.9. The van der Waals surface area contributed by atoms with E-state index in [0.717, 1.165) is 0 Å². The normalized spacial score (nSPS) is 15.8. The molecule has 0 radical (unpaired) electrons. The number of rotatable bonds is 7. The number of nitrogens with zero attached hydrogens (tertiary/aromatic N) is 4. The van der Waals surface area contributed by atoms with Crippen LogP contribution in [0.4, 0.5) is 10.3 Å². The largest absolute Gasteiger partial charge is 0.383 e. The Morgan fingerprint density at radius 1 is 1.39 bits per heavy atom. The number of anilines is 1. The van der Waals surface area contributed by atoms with E-state index in [1.54, 1.807) is 16.9 Å². The number of aromatic nitrogens is 2. The summed E-state index contributed by atoms with van der Waals surface area (Å²) in [6, 6.07) is 3.93. The van der Waals surface area contributed by atoms with Gasteiger partial charge >= 0.3 is 0 Å². The van der Waals surface area contributed by atoms with Crippen LogP contribution < -0.4 is 10.2 Å². The van der Waals surface area contributed by atoms with Crippen LogP contribution in [0.5, 0.6) is 0 Å². The number of benzene rings is 1. The van der Waals surface area contributed by atoms with Crippen LogP contribution in [0.3, 0.4) is 0 Å². The van der Waals surface area contributed by atoms with Gasteiger partial charge in [-0.15, -0.1) is 0 Å². The average molecular weight is 450 g/mol. The Morgan fingerprint density at radius 3 is 2.84 bits per heavy atom. The number of halogens is 2. The molecule has 1 N–H and O–H groups in total. The van der Waals surface area contributed by atoms with Gasteiger partial charge in [-0.05, 0) is 24.6 Å². The molecule has 1 aliphatic rings. The number of carbonyl (C=O) groups is 2. The molecule has 166 valence electrons. The molecule has 2 amide bonds. The van der Waals surface area contributed by atoms with E-state index in [1.165, 1.54) is 24.4 Å². The van der Waals surface area contributed by atoms with Crippen molar-refractivity contribution in [2.45, 2.75) is 12.3 Å². The first-order valence-corrected chi connectivity index (χ1v) is 10.2. The third-order valence-corrected chi connectivity index (χ3v) is 5.36. The summed E-state index contributed by atoms with van der Waals surface area (Å²) in [7, 11) is 5.20. The van der Waals surface area contributed by atoms with Crippen LogP contribution in [0, 0.1) is 5.82 Å². The second kappa shape index (κ2) is 10.0. The number of hydrogen-bond acceptors (Lipinski definition) is 6. The van der Waals surface area contributed by atoms with E-state index in [9.17, 15) is 14.0 Å². The minimum absolute atomic E-state index is 0.0944. The summed E-state index contributed by atoms with van der Waals surface area (Å²) in [5.74, 6) is -0.744. The molecule has 0 bridgehead atoms. The number of nitrogens with one attached hydrogen (secondary N) is 1. The predicted octanol–water partition coefficient (Wildman–Crippen LogP) is 2.34. The van der Waals surface area contributed by atoms with E-state index in [0.29, 0.717) is 55.4 Å². The smallest absolute Gasteiger partial charge is 0.254 e. The molecule has 1 aromatic heterocycles. The van der Waals surface area contributed by atoms with Gasteiger partial charge in [-0.2, -0.15) is 0 Å². The van der Waals surface area contributed by atoms with Crippen molar-refractivity contribution in [3.63, 3.8) is 0 Å². The van der Waals surface area contributed by atoms with Crippen LogP contribution in [0.2, 0.25) is 5.02 Å². The average Bonchev–Trinajstić information content (AvgIpc) is 3.25. The molecule has 1 aromatic carbocycles. The summed E-state index contributed by atoms with van der Waals surface area (Å²) in [6.45, 7) is 1.63. The molecule has 2 aromatic rings. The lowest BCUT2D eigenvalue weighted by atomic mass is 9.99. The van der Waals surface area contributed by atoms with Crippen LogP contribution in [-0.4, -0.2) is 74.1 Å². The van der Waals surface area contributed by atoms with E-state index >= 15 is 0 Å². The molecular weight excluding hydrogens is 425 g/mol. The van der Waals surface area contributed by atoms with E-state index in [2.05, 4.69) is 15.3 Å². The number of likely N-dealkylation sites (tertiary alicyclic amines) is 1. The highest BCUT2D eigenvalue weighted by atomic mass is 35.5. The first-order chi connectivity index (χ1) is 14.8. The zero-order chi connectivity index (χ0) is 22.5. The maximum Gasteiger partial charge on any atom is 0.254 e. The molecular formula is C21H25ClFN5O3. The summed E-state index contributed by atoms with van der Waals surface area (Å²) in [5, 5.41) is 2.70. The number of hydrogen-bond donors (Lipinski definition) is 1. The molecule has 3 rings (SSSR count). The number of methoxy groups -OCH3 is 1. The number of ether oxygens (including phenoxy) is 1. The van der Waals surface area contributed by atoms with Gasteiger partial charge in [0.2, 0.25) is 5.95 Å². The lowest BCUT2D eigenvalue weighted by molar-refractivity contribution is 0.0790. The van der Waals surface area contributed by atoms with Gasteiger partial charge in [-0.1, -0.05) is 11.6 Å². The predicted molar refractivity (Wildman–Crippen MR) is 115 cm³/mol. The van der Waals surface area contributed by atoms with Crippen LogP contribution in [-0.2, 0) is 4.74 Å². The molecule has 0 aliphatic carbocycles. The van der Waals surface area contributed by atoms with Gasteiger partial charge in [-0.3, -0.25) is 9.59 Å². The zero-order valence-electron chi connectivity index (χ0n) is 17.7. The Balaban J connectivity index is 1.82. The van der Waals surface area contributed by atoms with Crippen molar-refractivity contribution in [2.75, 3.05) is 52.3 Å². The summed E-state index contributed by atoms with van der Waals surface area (Å²) < 4.78 is 18.4. The molecule has 1 aliphatic heterocycles. The lowest BCUT2D eigenvalue weighted by Crippen LogP contribution is -2.31. The highest BCUT2D eigenvalue weighted by Gasteiger charge is 2.32. The van der Waals surface area contributed by atoms with E-state index < -0.39 is 5.82 Å². The highest BCUT2D eigenvalue weighted by molar-refractivity contribution is 6.31. The minimum Gasteiger partial charge on any atom is -0.383 e. The van der Waals surface area contributed by atoms with E-state index in [1.807, 2.05) is 14.1 Å². The maximum atomic E-state index is 13.4. The lowest BCUT2D eigenvalue weighted by Gasteiger charge is -2.19. The van der Waals surface area contributed by atoms with Crippen molar-refractivity contribution < 1.29 is 18.7 Å². The van der Waals surface area contributed by atoms with Gasteiger partial charge in [-0.25, -0.2) is 14.4 Å². The van der Waals surface area contributed by atoms with Gasteiger partial charge in [0.1, 0.15) is 5.82 Å². The first-order valence-electron chi connectivity index (χ1n) is 9.87. The van der Waals surface area contributed by atoms with Gasteiger partial charge in [0.25, 0.3) is 11.8 Å². The highest BCUT2D eigenvalue weighted by Crippen LogP contribution is 2.30. The molecule has 1 fully saturated rings. The summed E-state index contributed by atoms with van der Waals surface area (Å²) in [6.07, 6.45) is 2.16.